The highest BCUT2D eigenvalue weighted by Crippen LogP contribution is 2.70. The predicted molar refractivity (Wildman–Crippen MR) is 130 cm³/mol. The molecule has 4 aliphatic carbocycles. The number of ether oxygens (including phenoxy) is 1. The summed E-state index contributed by atoms with van der Waals surface area (Å²) in [6.45, 7) is 10.7. The largest absolute Gasteiger partial charge is 0.458 e. The highest BCUT2D eigenvalue weighted by molar-refractivity contribution is 5.87. The topological polar surface area (TPSA) is 124 Å². The number of carbonyl (C=O) groups is 2. The zero-order valence-corrected chi connectivity index (χ0v) is 21.9. The molecule has 7 heteroatoms. The summed E-state index contributed by atoms with van der Waals surface area (Å²) in [5, 5.41) is 46.7. The fraction of sp³-hybridized carbons (Fsp3) is 0.786. The van der Waals surface area contributed by atoms with Crippen LogP contribution in [-0.4, -0.2) is 61.2 Å². The van der Waals surface area contributed by atoms with E-state index in [0.717, 1.165) is 11.1 Å². The minimum atomic E-state index is -1.95. The number of allylic oxidation sites excluding steroid dienone is 1. The van der Waals surface area contributed by atoms with Gasteiger partial charge in [-0.25, -0.2) is 4.79 Å². The molecular formula is C28H42O7. The number of rotatable bonds is 4. The molecule has 4 rings (SSSR count). The van der Waals surface area contributed by atoms with Crippen molar-refractivity contribution in [2.45, 2.75) is 115 Å². The van der Waals surface area contributed by atoms with E-state index >= 15 is 0 Å². The molecule has 0 saturated heterocycles. The van der Waals surface area contributed by atoms with Gasteiger partial charge in [0, 0.05) is 12.0 Å². The number of fused-ring (bicyclic) bond motifs is 5. The third-order valence-corrected chi connectivity index (χ3v) is 10.7. The monoisotopic (exact) mass is 490 g/mol. The van der Waals surface area contributed by atoms with Crippen molar-refractivity contribution in [1.82, 2.24) is 0 Å². The predicted octanol–water partition coefficient (Wildman–Crippen LogP) is 2.98. The fourth-order valence-electron chi connectivity index (χ4n) is 7.90. The molecule has 0 amide bonds. The summed E-state index contributed by atoms with van der Waals surface area (Å²) in [4.78, 5) is 25.9. The minimum Gasteiger partial charge on any atom is -0.458 e. The van der Waals surface area contributed by atoms with E-state index in [1.807, 2.05) is 26.8 Å². The maximum atomic E-state index is 13.0. The Morgan fingerprint density at radius 3 is 2.37 bits per heavy atom. The summed E-state index contributed by atoms with van der Waals surface area (Å²) in [5.41, 5.74) is -5.62. The number of carbonyl (C=O) groups excluding carboxylic acids is 2. The summed E-state index contributed by atoms with van der Waals surface area (Å²) in [7, 11) is 0. The average Bonchev–Trinajstić information content (AvgIpc) is 3.00. The minimum absolute atomic E-state index is 0.0172. The number of Topliss-reactive ketones (excluding diaryl/α,β-unsaturated/α-hetero) is 1. The number of esters is 1. The molecule has 0 radical (unpaired) electrons. The molecule has 4 N–H and O–H groups in total. The molecule has 196 valence electrons. The Morgan fingerprint density at radius 2 is 1.77 bits per heavy atom. The van der Waals surface area contributed by atoms with E-state index in [9.17, 15) is 30.0 Å². The van der Waals surface area contributed by atoms with E-state index in [1.54, 1.807) is 6.92 Å². The first-order chi connectivity index (χ1) is 16.1. The summed E-state index contributed by atoms with van der Waals surface area (Å²) in [6, 6.07) is 0. The van der Waals surface area contributed by atoms with Crippen LogP contribution in [0.15, 0.2) is 23.3 Å². The van der Waals surface area contributed by atoms with Gasteiger partial charge in [-0.1, -0.05) is 38.0 Å². The molecule has 0 aliphatic heterocycles. The Labute approximate surface area is 208 Å². The highest BCUT2D eigenvalue weighted by atomic mass is 16.5. The lowest BCUT2D eigenvalue weighted by molar-refractivity contribution is -0.314. The summed E-state index contributed by atoms with van der Waals surface area (Å²) < 4.78 is 6.01. The lowest BCUT2D eigenvalue weighted by Gasteiger charge is -2.67. The molecule has 0 bridgehead atoms. The Hall–Kier alpha value is -1.54. The van der Waals surface area contributed by atoms with Crippen molar-refractivity contribution in [3.63, 3.8) is 0 Å². The lowest BCUT2D eigenvalue weighted by Crippen LogP contribution is -2.78. The number of hydrogen-bond donors (Lipinski definition) is 4. The Bertz CT molecular complexity index is 984. The van der Waals surface area contributed by atoms with Crippen LogP contribution in [0.2, 0.25) is 0 Å². The van der Waals surface area contributed by atoms with Gasteiger partial charge in [0.1, 0.15) is 22.9 Å². The standard InChI is InChI=1S/C28H42O7/c1-16(2)17(3)13-23(31)35-22-15-21-24(5)9-8-20(30)14-19(24)7-10-27(21,33)28(34)12-11-26(32,18(4)29)25(22,28)6/h7,13,16,20-22,30,32-34H,8-12,14-15H2,1-6H3/b17-13+/t20-,21+,22+,24-,25+,26-,27-,28+/m0/s1. The van der Waals surface area contributed by atoms with E-state index in [4.69, 9.17) is 4.74 Å². The molecule has 0 unspecified atom stereocenters. The van der Waals surface area contributed by atoms with Crippen molar-refractivity contribution < 1.29 is 34.8 Å². The molecule has 4 aliphatic rings. The van der Waals surface area contributed by atoms with Crippen LogP contribution >= 0.6 is 0 Å². The third kappa shape index (κ3) is 3.38. The second-order valence-corrected chi connectivity index (χ2v) is 12.4. The van der Waals surface area contributed by atoms with Gasteiger partial charge in [0.15, 0.2) is 5.78 Å². The third-order valence-electron chi connectivity index (χ3n) is 10.7. The van der Waals surface area contributed by atoms with Crippen molar-refractivity contribution in [2.75, 3.05) is 0 Å². The average molecular weight is 491 g/mol. The first kappa shape index (κ1) is 26.5. The van der Waals surface area contributed by atoms with Gasteiger partial charge in [0.05, 0.1) is 11.5 Å². The molecule has 7 nitrogen and oxygen atoms in total. The molecule has 0 aromatic heterocycles. The number of hydrogen-bond acceptors (Lipinski definition) is 7. The van der Waals surface area contributed by atoms with Gasteiger partial charge in [0.25, 0.3) is 0 Å². The van der Waals surface area contributed by atoms with E-state index in [0.29, 0.717) is 19.3 Å². The van der Waals surface area contributed by atoms with Gasteiger partial charge >= 0.3 is 5.97 Å². The lowest BCUT2D eigenvalue weighted by atomic mass is 9.42. The molecule has 0 heterocycles. The SMILES string of the molecule is CC(=O)[C@@]1(O)CC[C@@]2(O)[C@]1(C)[C@H](OC(=O)/C=C(\C)C(C)C)C[C@@H]1[C@@]3(C)CC[C@H](O)CC3=CC[C@]12O. The van der Waals surface area contributed by atoms with Gasteiger partial charge in [0.2, 0.25) is 0 Å². The second kappa shape index (κ2) is 8.23. The van der Waals surface area contributed by atoms with Crippen LogP contribution in [0.5, 0.6) is 0 Å². The molecule has 0 spiro atoms. The van der Waals surface area contributed by atoms with Gasteiger partial charge < -0.3 is 25.2 Å². The molecule has 35 heavy (non-hydrogen) atoms. The molecule has 8 atom stereocenters. The van der Waals surface area contributed by atoms with Crippen LogP contribution in [0.25, 0.3) is 0 Å². The molecule has 0 aromatic rings. The summed E-state index contributed by atoms with van der Waals surface area (Å²) in [5.74, 6) is -1.41. The van der Waals surface area contributed by atoms with Crippen LogP contribution in [0.1, 0.15) is 86.5 Å². The maximum Gasteiger partial charge on any atom is 0.330 e. The molecular weight excluding hydrogens is 448 g/mol. The quantitative estimate of drug-likeness (QED) is 0.271. The van der Waals surface area contributed by atoms with E-state index in [-0.39, 0.29) is 31.6 Å². The first-order valence-corrected chi connectivity index (χ1v) is 13.0. The molecule has 3 fully saturated rings. The Kier molecular flexibility index (Phi) is 6.24. The van der Waals surface area contributed by atoms with Crippen LogP contribution < -0.4 is 0 Å². The van der Waals surface area contributed by atoms with Crippen molar-refractivity contribution in [3.8, 4) is 0 Å². The summed E-state index contributed by atoms with van der Waals surface area (Å²) >= 11 is 0. The van der Waals surface area contributed by atoms with E-state index < -0.39 is 57.5 Å². The van der Waals surface area contributed by atoms with Crippen LogP contribution in [-0.2, 0) is 14.3 Å². The fourth-order valence-corrected chi connectivity index (χ4v) is 7.90. The first-order valence-electron chi connectivity index (χ1n) is 13.0. The van der Waals surface area contributed by atoms with E-state index in [2.05, 4.69) is 6.92 Å². The normalized spacial score (nSPS) is 47.5. The number of aliphatic hydroxyl groups excluding tert-OH is 1. The van der Waals surface area contributed by atoms with Crippen molar-refractivity contribution in [3.05, 3.63) is 23.3 Å². The van der Waals surface area contributed by atoms with Gasteiger partial charge in [-0.2, -0.15) is 0 Å². The van der Waals surface area contributed by atoms with E-state index in [1.165, 1.54) is 13.0 Å². The van der Waals surface area contributed by atoms with Crippen molar-refractivity contribution >= 4 is 11.8 Å². The van der Waals surface area contributed by atoms with Gasteiger partial charge in [-0.05, 0) is 77.0 Å². The Morgan fingerprint density at radius 1 is 1.11 bits per heavy atom. The number of ketones is 1. The van der Waals surface area contributed by atoms with Crippen LogP contribution in [0, 0.1) is 22.7 Å². The van der Waals surface area contributed by atoms with Crippen molar-refractivity contribution in [2.24, 2.45) is 22.7 Å². The zero-order chi connectivity index (χ0) is 26.2. The molecule has 0 aromatic carbocycles. The van der Waals surface area contributed by atoms with Crippen molar-refractivity contribution in [1.29, 1.82) is 0 Å². The van der Waals surface area contributed by atoms with Crippen LogP contribution in [0.4, 0.5) is 0 Å². The second-order valence-electron chi connectivity index (χ2n) is 12.4. The highest BCUT2D eigenvalue weighted by Gasteiger charge is 2.81. The van der Waals surface area contributed by atoms with Gasteiger partial charge in [-0.15, -0.1) is 0 Å². The van der Waals surface area contributed by atoms with Gasteiger partial charge in [-0.3, -0.25) is 4.79 Å². The van der Waals surface area contributed by atoms with Crippen LogP contribution in [0.3, 0.4) is 0 Å². The summed E-state index contributed by atoms with van der Waals surface area (Å²) in [6.07, 6.45) is 4.01. The zero-order valence-electron chi connectivity index (χ0n) is 21.9. The molecule has 3 saturated carbocycles. The number of aliphatic hydroxyl groups is 4. The Balaban J connectivity index is 1.85. The maximum absolute atomic E-state index is 13.0. The smallest absolute Gasteiger partial charge is 0.330 e.